The van der Waals surface area contributed by atoms with Crippen molar-refractivity contribution in [3.05, 3.63) is 42.5 Å². The number of nitrogens with one attached hydrogen (secondary N) is 1. The molecule has 0 bridgehead atoms. The average molecular weight is 389 g/mol. The number of hydrogen-bond acceptors (Lipinski definition) is 4. The van der Waals surface area contributed by atoms with Crippen LogP contribution < -0.4 is 9.46 Å². The summed E-state index contributed by atoms with van der Waals surface area (Å²) >= 11 is 0. The number of phenols is 1. The minimum absolute atomic E-state index is 0.0495. The van der Waals surface area contributed by atoms with Crippen LogP contribution in [0.4, 0.5) is 13.2 Å². The maximum Gasteiger partial charge on any atom is 0.573 e. The molecule has 2 rings (SSSR count). The van der Waals surface area contributed by atoms with Gasteiger partial charge in [-0.2, -0.15) is 0 Å². The van der Waals surface area contributed by atoms with E-state index in [2.05, 4.69) is 9.46 Å². The first kappa shape index (κ1) is 20.1. The third-order valence-corrected chi connectivity index (χ3v) is 4.80. The fourth-order valence-electron chi connectivity index (χ4n) is 2.25. The van der Waals surface area contributed by atoms with Crippen molar-refractivity contribution in [3.63, 3.8) is 0 Å². The SMILES string of the molecule is CC(C)(C)NS(=O)(=O)c1cccc(-c2cc(O)cc(OC(F)(F)F)c2)c1. The van der Waals surface area contributed by atoms with Crippen LogP contribution in [-0.2, 0) is 10.0 Å². The van der Waals surface area contributed by atoms with Crippen molar-refractivity contribution in [1.82, 2.24) is 4.72 Å². The Balaban J connectivity index is 2.45. The van der Waals surface area contributed by atoms with Crippen molar-refractivity contribution in [1.29, 1.82) is 0 Å². The molecular weight excluding hydrogens is 371 g/mol. The molecule has 0 radical (unpaired) electrons. The van der Waals surface area contributed by atoms with E-state index in [-0.39, 0.29) is 10.5 Å². The summed E-state index contributed by atoms with van der Waals surface area (Å²) in [6.07, 6.45) is -4.91. The van der Waals surface area contributed by atoms with Crippen molar-refractivity contribution < 1.29 is 31.4 Å². The van der Waals surface area contributed by atoms with Gasteiger partial charge in [0.2, 0.25) is 10.0 Å². The van der Waals surface area contributed by atoms with Crippen LogP contribution in [0.3, 0.4) is 0 Å². The second-order valence-corrected chi connectivity index (χ2v) is 8.33. The molecule has 0 unspecified atom stereocenters. The van der Waals surface area contributed by atoms with Gasteiger partial charge in [0.05, 0.1) is 4.90 Å². The molecule has 142 valence electrons. The number of rotatable bonds is 4. The zero-order chi connectivity index (χ0) is 19.8. The molecule has 9 heteroatoms. The predicted octanol–water partition coefficient (Wildman–Crippen LogP) is 4.03. The monoisotopic (exact) mass is 389 g/mol. The summed E-state index contributed by atoms with van der Waals surface area (Å²) < 4.78 is 68.3. The number of halogens is 3. The molecule has 0 saturated carbocycles. The average Bonchev–Trinajstić information content (AvgIpc) is 2.42. The Kier molecular flexibility index (Phi) is 5.25. The first-order valence-electron chi connectivity index (χ1n) is 7.49. The van der Waals surface area contributed by atoms with Gasteiger partial charge in [-0.15, -0.1) is 13.2 Å². The van der Waals surface area contributed by atoms with Crippen LogP contribution >= 0.6 is 0 Å². The Bertz CT molecular complexity index is 903. The lowest BCUT2D eigenvalue weighted by atomic mass is 10.1. The van der Waals surface area contributed by atoms with Crippen LogP contribution in [0.1, 0.15) is 20.8 Å². The molecule has 5 nitrogen and oxygen atoms in total. The second-order valence-electron chi connectivity index (χ2n) is 6.65. The van der Waals surface area contributed by atoms with Gasteiger partial charge in [0.15, 0.2) is 0 Å². The van der Waals surface area contributed by atoms with Crippen LogP contribution in [-0.4, -0.2) is 25.4 Å². The van der Waals surface area contributed by atoms with Crippen LogP contribution in [0.15, 0.2) is 47.4 Å². The lowest BCUT2D eigenvalue weighted by molar-refractivity contribution is -0.274. The summed E-state index contributed by atoms with van der Waals surface area (Å²) in [4.78, 5) is -0.0495. The third-order valence-electron chi connectivity index (χ3n) is 3.04. The molecule has 0 fully saturated rings. The summed E-state index contributed by atoms with van der Waals surface area (Å²) in [5, 5.41) is 9.66. The topological polar surface area (TPSA) is 75.6 Å². The summed E-state index contributed by atoms with van der Waals surface area (Å²) in [6, 6.07) is 8.75. The molecule has 0 aliphatic carbocycles. The van der Waals surface area contributed by atoms with Gasteiger partial charge in [-0.25, -0.2) is 13.1 Å². The van der Waals surface area contributed by atoms with Crippen molar-refractivity contribution in [2.75, 3.05) is 0 Å². The summed E-state index contributed by atoms with van der Waals surface area (Å²) in [5.41, 5.74) is -0.213. The number of alkyl halides is 3. The Morgan fingerprint density at radius 2 is 1.65 bits per heavy atom. The maximum atomic E-state index is 12.4. The number of phenolic OH excluding ortho intramolecular Hbond substituents is 1. The van der Waals surface area contributed by atoms with E-state index in [0.29, 0.717) is 5.56 Å². The molecule has 2 aromatic rings. The number of benzene rings is 2. The number of sulfonamides is 1. The van der Waals surface area contributed by atoms with E-state index < -0.39 is 33.4 Å². The minimum Gasteiger partial charge on any atom is -0.508 e. The molecular formula is C17H18F3NO4S. The van der Waals surface area contributed by atoms with Crippen molar-refractivity contribution in [2.24, 2.45) is 0 Å². The quantitative estimate of drug-likeness (QED) is 0.828. The van der Waals surface area contributed by atoms with Crippen LogP contribution in [0, 0.1) is 0 Å². The van der Waals surface area contributed by atoms with Gasteiger partial charge >= 0.3 is 6.36 Å². The third kappa shape index (κ3) is 5.63. The Labute approximate surface area is 149 Å². The van der Waals surface area contributed by atoms with Gasteiger partial charge in [-0.3, -0.25) is 0 Å². The van der Waals surface area contributed by atoms with Gasteiger partial charge < -0.3 is 9.84 Å². The van der Waals surface area contributed by atoms with E-state index in [1.807, 2.05) is 0 Å². The molecule has 26 heavy (non-hydrogen) atoms. The van der Waals surface area contributed by atoms with E-state index in [1.54, 1.807) is 20.8 Å². The van der Waals surface area contributed by atoms with Gasteiger partial charge in [0, 0.05) is 11.6 Å². The van der Waals surface area contributed by atoms with Crippen molar-refractivity contribution in [3.8, 4) is 22.6 Å². The van der Waals surface area contributed by atoms with Crippen LogP contribution in [0.2, 0.25) is 0 Å². The van der Waals surface area contributed by atoms with Crippen molar-refractivity contribution >= 4 is 10.0 Å². The lowest BCUT2D eigenvalue weighted by Crippen LogP contribution is -2.40. The highest BCUT2D eigenvalue weighted by atomic mass is 32.2. The second kappa shape index (κ2) is 6.81. The zero-order valence-electron chi connectivity index (χ0n) is 14.3. The van der Waals surface area contributed by atoms with E-state index in [4.69, 9.17) is 0 Å². The summed E-state index contributed by atoms with van der Waals surface area (Å²) in [6.45, 7) is 5.05. The molecule has 0 heterocycles. The van der Waals surface area contributed by atoms with Crippen LogP contribution in [0.25, 0.3) is 11.1 Å². The maximum absolute atomic E-state index is 12.4. The summed E-state index contributed by atoms with van der Waals surface area (Å²) in [5.74, 6) is -1.04. The molecule has 0 aliphatic heterocycles. The van der Waals surface area contributed by atoms with Gasteiger partial charge in [0.25, 0.3) is 0 Å². The number of hydrogen-bond donors (Lipinski definition) is 2. The molecule has 0 aliphatic rings. The highest BCUT2D eigenvalue weighted by molar-refractivity contribution is 7.89. The van der Waals surface area contributed by atoms with E-state index >= 15 is 0 Å². The molecule has 0 spiro atoms. The fraction of sp³-hybridized carbons (Fsp3) is 0.294. The first-order valence-corrected chi connectivity index (χ1v) is 8.98. The first-order chi connectivity index (χ1) is 11.8. The number of aromatic hydroxyl groups is 1. The van der Waals surface area contributed by atoms with E-state index in [0.717, 1.165) is 12.1 Å². The van der Waals surface area contributed by atoms with Crippen LogP contribution in [0.5, 0.6) is 11.5 Å². The summed E-state index contributed by atoms with van der Waals surface area (Å²) in [7, 11) is -3.82. The standard InChI is InChI=1S/C17H18F3NO4S/c1-16(2,3)21-26(23,24)15-6-4-5-11(9-15)12-7-13(22)10-14(8-12)25-17(18,19)20/h4-10,21-22H,1-3H3. The smallest absolute Gasteiger partial charge is 0.508 e. The zero-order valence-corrected chi connectivity index (χ0v) is 15.1. The normalized spacial score (nSPS) is 12.8. The van der Waals surface area contributed by atoms with E-state index in [1.165, 1.54) is 30.3 Å². The predicted molar refractivity (Wildman–Crippen MR) is 90.3 cm³/mol. The van der Waals surface area contributed by atoms with E-state index in [9.17, 15) is 26.7 Å². The highest BCUT2D eigenvalue weighted by Crippen LogP contribution is 2.33. The Hall–Kier alpha value is -2.26. The molecule has 0 saturated heterocycles. The molecule has 0 amide bonds. The molecule has 2 N–H and O–H groups in total. The lowest BCUT2D eigenvalue weighted by Gasteiger charge is -2.20. The molecule has 0 aromatic heterocycles. The largest absolute Gasteiger partial charge is 0.573 e. The molecule has 2 aromatic carbocycles. The Morgan fingerprint density at radius 1 is 1.00 bits per heavy atom. The fourth-order valence-corrected chi connectivity index (χ4v) is 3.71. The Morgan fingerprint density at radius 3 is 2.23 bits per heavy atom. The minimum atomic E-state index is -4.91. The number of ether oxygens (including phenoxy) is 1. The van der Waals surface area contributed by atoms with Gasteiger partial charge in [0.1, 0.15) is 11.5 Å². The molecule has 0 atom stereocenters. The van der Waals surface area contributed by atoms with Crippen molar-refractivity contribution in [2.45, 2.75) is 37.6 Å². The van der Waals surface area contributed by atoms with Gasteiger partial charge in [-0.05, 0) is 56.2 Å². The van der Waals surface area contributed by atoms with Gasteiger partial charge in [-0.1, -0.05) is 12.1 Å². The highest BCUT2D eigenvalue weighted by Gasteiger charge is 2.31.